The number of hydrogen-bond acceptors (Lipinski definition) is 17. The average molecular weight is 867 g/mol. The number of aromatic nitrogens is 6. The van der Waals surface area contributed by atoms with Crippen molar-refractivity contribution in [2.75, 3.05) is 55.6 Å². The fraction of sp³-hybridized carbons (Fsp3) is 0.238. The molecular formula is C42H42N8O9S2. The number of amides is 1. The predicted molar refractivity (Wildman–Crippen MR) is 230 cm³/mol. The first-order valence-electron chi connectivity index (χ1n) is 18.5. The molecule has 0 aliphatic heterocycles. The van der Waals surface area contributed by atoms with Crippen molar-refractivity contribution in [1.29, 1.82) is 0 Å². The minimum absolute atomic E-state index is 0.00992. The molecule has 0 spiro atoms. The van der Waals surface area contributed by atoms with E-state index >= 15 is 0 Å². The first-order valence-corrected chi connectivity index (χ1v) is 20.2. The Labute approximate surface area is 357 Å². The van der Waals surface area contributed by atoms with Gasteiger partial charge in [-0.2, -0.15) is 0 Å². The van der Waals surface area contributed by atoms with Crippen molar-refractivity contribution in [3.63, 3.8) is 0 Å². The molecule has 0 saturated carbocycles. The van der Waals surface area contributed by atoms with E-state index in [0.717, 1.165) is 47.5 Å². The third-order valence-electron chi connectivity index (χ3n) is 8.26. The number of rotatable bonds is 14. The van der Waals surface area contributed by atoms with Gasteiger partial charge >= 0.3 is 5.97 Å². The smallest absolute Gasteiger partial charge is 0.341 e. The highest BCUT2D eigenvalue weighted by Crippen LogP contribution is 2.32. The Kier molecular flexibility index (Phi) is 14.9. The number of ether oxygens (including phenoxy) is 4. The minimum Gasteiger partial charge on any atom is -0.494 e. The number of carbonyl (C=O) groups excluding carboxylic acids is 1. The van der Waals surface area contributed by atoms with Crippen LogP contribution < -0.4 is 24.3 Å². The molecule has 2 N–H and O–H groups in total. The van der Waals surface area contributed by atoms with Gasteiger partial charge in [0.15, 0.2) is 13.2 Å². The molecule has 0 radical (unpaired) electrons. The summed E-state index contributed by atoms with van der Waals surface area (Å²) in [6.07, 6.45) is 0.874. The number of carboxylic acids is 1. The number of hydrogen-bond donors (Lipinski definition) is 2. The zero-order valence-electron chi connectivity index (χ0n) is 34.1. The van der Waals surface area contributed by atoms with Crippen molar-refractivity contribution < 1.29 is 42.5 Å². The maximum atomic E-state index is 11.6. The lowest BCUT2D eigenvalue weighted by Gasteiger charge is -2.11. The molecular weight excluding hydrogens is 825 g/mol. The molecule has 0 unspecified atom stereocenters. The summed E-state index contributed by atoms with van der Waals surface area (Å²) in [6, 6.07) is 25.6. The highest BCUT2D eigenvalue weighted by molar-refractivity contribution is 7.19. The first-order chi connectivity index (χ1) is 29.6. The van der Waals surface area contributed by atoms with E-state index in [1.807, 2.05) is 62.6 Å². The van der Waals surface area contributed by atoms with E-state index < -0.39 is 12.6 Å². The number of methoxy groups -OCH3 is 2. The van der Waals surface area contributed by atoms with Crippen molar-refractivity contribution in [1.82, 2.24) is 40.6 Å². The second-order valence-electron chi connectivity index (χ2n) is 13.0. The van der Waals surface area contributed by atoms with E-state index in [1.165, 1.54) is 4.90 Å². The van der Waals surface area contributed by atoms with Gasteiger partial charge in [0.2, 0.25) is 23.6 Å². The van der Waals surface area contributed by atoms with Gasteiger partial charge in [-0.1, -0.05) is 12.1 Å². The van der Waals surface area contributed by atoms with Crippen molar-refractivity contribution in [3.8, 4) is 45.9 Å². The molecule has 0 fully saturated rings. The van der Waals surface area contributed by atoms with Crippen LogP contribution in [0.25, 0.3) is 43.3 Å². The van der Waals surface area contributed by atoms with Gasteiger partial charge in [-0.3, -0.25) is 4.79 Å². The number of benzene rings is 4. The van der Waals surface area contributed by atoms with Crippen LogP contribution in [0.4, 0.5) is 0 Å². The molecule has 316 valence electrons. The van der Waals surface area contributed by atoms with E-state index in [2.05, 4.69) is 35.7 Å². The number of carboxylic acid groups (broad SMARTS) is 1. The number of aliphatic carboxylic acids is 1. The van der Waals surface area contributed by atoms with Crippen LogP contribution in [-0.4, -0.2) is 108 Å². The number of nitrogens with one attached hydrogen (secondary N) is 1. The molecule has 19 heteroatoms. The van der Waals surface area contributed by atoms with Crippen molar-refractivity contribution >= 4 is 55.0 Å². The monoisotopic (exact) mass is 866 g/mol. The Morgan fingerprint density at radius 3 is 1.48 bits per heavy atom. The van der Waals surface area contributed by atoms with Crippen LogP contribution in [0, 0.1) is 0 Å². The molecule has 4 aromatic carbocycles. The molecule has 0 aliphatic rings. The summed E-state index contributed by atoms with van der Waals surface area (Å²) in [5.74, 6) is 3.13. The average Bonchev–Trinajstić information content (AvgIpc) is 4.10. The highest BCUT2D eigenvalue weighted by Gasteiger charge is 2.16. The van der Waals surface area contributed by atoms with Crippen molar-refractivity contribution in [2.45, 2.75) is 12.8 Å². The third kappa shape index (κ3) is 11.6. The lowest BCUT2D eigenvalue weighted by atomic mass is 10.2. The van der Waals surface area contributed by atoms with Crippen LogP contribution in [0.2, 0.25) is 0 Å². The Hall–Kier alpha value is -6.96. The van der Waals surface area contributed by atoms with Gasteiger partial charge in [-0.25, -0.2) is 14.8 Å². The van der Waals surface area contributed by atoms with Gasteiger partial charge in [0.1, 0.15) is 44.0 Å². The van der Waals surface area contributed by atoms with E-state index in [4.69, 9.17) is 32.9 Å². The zero-order valence-corrected chi connectivity index (χ0v) is 35.7. The van der Waals surface area contributed by atoms with Crippen LogP contribution in [0.1, 0.15) is 21.8 Å². The molecule has 8 rings (SSSR count). The third-order valence-corrected chi connectivity index (χ3v) is 10.3. The second-order valence-corrected chi connectivity index (χ2v) is 15.2. The fourth-order valence-corrected chi connectivity index (χ4v) is 7.32. The number of thiazole rings is 2. The summed E-state index contributed by atoms with van der Waals surface area (Å²) in [4.78, 5) is 32.9. The SMILES string of the molecule is CNC.COc1cccc2sc(Cc3nnc(-c4ccc(OCC(=O)N(C)C)cc4)o3)nc12.COc1cccc2sc(Cc3nnc(-c4ccc(OCC(=O)O)cc4)o3)nc12. The molecule has 4 aromatic heterocycles. The maximum absolute atomic E-state index is 11.6. The fourth-order valence-electron chi connectivity index (χ4n) is 5.37. The number of carbonyl (C=O) groups is 2. The van der Waals surface area contributed by atoms with Crippen LogP contribution >= 0.6 is 22.7 Å². The molecule has 4 heterocycles. The van der Waals surface area contributed by atoms with E-state index in [1.54, 1.807) is 87.4 Å². The number of fused-ring (bicyclic) bond motifs is 2. The van der Waals surface area contributed by atoms with E-state index in [-0.39, 0.29) is 12.5 Å². The molecule has 0 bridgehead atoms. The predicted octanol–water partition coefficient (Wildman–Crippen LogP) is 6.66. The first kappa shape index (κ1) is 43.6. The van der Waals surface area contributed by atoms with Gasteiger partial charge in [-0.05, 0) is 86.9 Å². The molecule has 1 amide bonds. The summed E-state index contributed by atoms with van der Waals surface area (Å²) in [6.45, 7) is -0.402. The van der Waals surface area contributed by atoms with Gasteiger partial charge in [0.05, 0.1) is 36.5 Å². The van der Waals surface area contributed by atoms with Gasteiger partial charge < -0.3 is 43.1 Å². The highest BCUT2D eigenvalue weighted by atomic mass is 32.1. The van der Waals surface area contributed by atoms with Gasteiger partial charge in [0, 0.05) is 25.2 Å². The van der Waals surface area contributed by atoms with E-state index in [9.17, 15) is 9.59 Å². The lowest BCUT2D eigenvalue weighted by Crippen LogP contribution is -2.27. The summed E-state index contributed by atoms with van der Waals surface area (Å²) in [5.41, 5.74) is 3.14. The summed E-state index contributed by atoms with van der Waals surface area (Å²) >= 11 is 3.13. The van der Waals surface area contributed by atoms with Crippen molar-refractivity contribution in [3.05, 3.63) is 107 Å². The maximum Gasteiger partial charge on any atom is 0.341 e. The quantitative estimate of drug-likeness (QED) is 0.117. The molecule has 0 atom stereocenters. The Morgan fingerprint density at radius 1 is 0.656 bits per heavy atom. The lowest BCUT2D eigenvalue weighted by molar-refractivity contribution is -0.139. The number of para-hydroxylation sites is 2. The Balaban J connectivity index is 0.000000192. The normalized spacial score (nSPS) is 10.7. The Morgan fingerprint density at radius 2 is 1.08 bits per heavy atom. The van der Waals surface area contributed by atoms with Crippen molar-refractivity contribution in [2.24, 2.45) is 0 Å². The molecule has 0 aliphatic carbocycles. The molecule has 0 saturated heterocycles. The summed E-state index contributed by atoms with van der Waals surface area (Å²) in [5, 5.41) is 29.6. The number of nitrogens with zero attached hydrogens (tertiary/aromatic N) is 7. The molecule has 17 nitrogen and oxygen atoms in total. The summed E-state index contributed by atoms with van der Waals surface area (Å²) < 4.78 is 34.9. The summed E-state index contributed by atoms with van der Waals surface area (Å²) in [7, 11) is 10.4. The van der Waals surface area contributed by atoms with Crippen LogP contribution in [-0.2, 0) is 22.4 Å². The topological polar surface area (TPSA) is 210 Å². The van der Waals surface area contributed by atoms with E-state index in [0.29, 0.717) is 53.5 Å². The number of likely N-dealkylation sites (N-methyl/N-ethyl adjacent to an activating group) is 1. The van der Waals surface area contributed by atoms with Crippen LogP contribution in [0.5, 0.6) is 23.0 Å². The van der Waals surface area contributed by atoms with Crippen LogP contribution in [0.15, 0.2) is 93.8 Å². The van der Waals surface area contributed by atoms with Gasteiger partial charge in [0.25, 0.3) is 5.91 Å². The standard InChI is InChI=1S/C21H20N4O4S.C19H15N3O5S.C2H7N/c1-25(2)19(26)12-28-14-9-7-13(8-10-14)21-24-23-17(29-21)11-18-22-20-15(27-3)5-4-6-16(20)30-18;1-25-13-3-2-4-14-18(13)20-16(28-14)9-15-21-22-19(27-15)11-5-7-12(8-6-11)26-10-17(23)24;1-3-2/h4-10H,11-12H2,1-3H3;2-8H,9-10H2,1H3,(H,23,24);3H,1-2H3. The zero-order chi connectivity index (χ0) is 43.3. The second kappa shape index (κ2) is 20.8. The molecule has 8 aromatic rings. The van der Waals surface area contributed by atoms with Gasteiger partial charge in [-0.15, -0.1) is 43.1 Å². The molecule has 61 heavy (non-hydrogen) atoms. The van der Waals surface area contributed by atoms with Crippen LogP contribution in [0.3, 0.4) is 0 Å². The largest absolute Gasteiger partial charge is 0.494 e. The Bertz CT molecular complexity index is 2680. The minimum atomic E-state index is -1.03.